The smallest absolute Gasteiger partial charge is 0.0474 e. The standard InChI is InChI=1S/C10H22N2O/c1-9-7-11-8-10(2)12(9)5-4-6-13-3/h9-11H,4-8H2,1-3H3/t9-,10-/m1/s1. The average Bonchev–Trinajstić information content (AvgIpc) is 2.10. The topological polar surface area (TPSA) is 24.5 Å². The minimum absolute atomic E-state index is 0.667. The van der Waals surface area contributed by atoms with Gasteiger partial charge < -0.3 is 10.1 Å². The molecule has 1 saturated heterocycles. The van der Waals surface area contributed by atoms with Crippen molar-refractivity contribution in [1.29, 1.82) is 0 Å². The zero-order valence-electron chi connectivity index (χ0n) is 9.05. The van der Waals surface area contributed by atoms with Crippen LogP contribution in [0.5, 0.6) is 0 Å². The summed E-state index contributed by atoms with van der Waals surface area (Å²) in [5.41, 5.74) is 0. The molecule has 1 rings (SSSR count). The molecular formula is C10H22N2O. The molecule has 3 heteroatoms. The fourth-order valence-corrected chi connectivity index (χ4v) is 2.00. The number of hydrogen-bond donors (Lipinski definition) is 1. The van der Waals surface area contributed by atoms with E-state index in [2.05, 4.69) is 24.1 Å². The van der Waals surface area contributed by atoms with E-state index in [1.54, 1.807) is 7.11 Å². The number of nitrogens with zero attached hydrogens (tertiary/aromatic N) is 1. The molecule has 1 heterocycles. The summed E-state index contributed by atoms with van der Waals surface area (Å²) in [5, 5.41) is 3.43. The minimum Gasteiger partial charge on any atom is -0.385 e. The van der Waals surface area contributed by atoms with E-state index in [0.717, 1.165) is 32.7 Å². The average molecular weight is 186 g/mol. The maximum Gasteiger partial charge on any atom is 0.0474 e. The summed E-state index contributed by atoms with van der Waals surface area (Å²) in [4.78, 5) is 2.57. The van der Waals surface area contributed by atoms with E-state index in [1.165, 1.54) is 0 Å². The van der Waals surface area contributed by atoms with Gasteiger partial charge in [0.25, 0.3) is 0 Å². The lowest BCUT2D eigenvalue weighted by Gasteiger charge is -2.39. The highest BCUT2D eigenvalue weighted by atomic mass is 16.5. The number of hydrogen-bond acceptors (Lipinski definition) is 3. The van der Waals surface area contributed by atoms with Gasteiger partial charge in [-0.3, -0.25) is 4.90 Å². The molecule has 1 fully saturated rings. The molecule has 0 aromatic carbocycles. The molecule has 1 aliphatic rings. The SMILES string of the molecule is COCCCN1[C@H](C)CNC[C@H]1C. The second kappa shape index (κ2) is 5.58. The van der Waals surface area contributed by atoms with Gasteiger partial charge in [0.1, 0.15) is 0 Å². The highest BCUT2D eigenvalue weighted by molar-refractivity contribution is 4.81. The van der Waals surface area contributed by atoms with Crippen molar-refractivity contribution in [1.82, 2.24) is 10.2 Å². The summed E-state index contributed by atoms with van der Waals surface area (Å²) in [6.45, 7) is 8.86. The second-order valence-electron chi connectivity index (χ2n) is 3.94. The Hall–Kier alpha value is -0.120. The Bertz CT molecular complexity index is 131. The van der Waals surface area contributed by atoms with Gasteiger partial charge in [0.2, 0.25) is 0 Å². The lowest BCUT2D eigenvalue weighted by molar-refractivity contribution is 0.0987. The van der Waals surface area contributed by atoms with Gasteiger partial charge in [0.15, 0.2) is 0 Å². The number of methoxy groups -OCH3 is 1. The molecule has 1 N–H and O–H groups in total. The van der Waals surface area contributed by atoms with Crippen LogP contribution in [0.15, 0.2) is 0 Å². The monoisotopic (exact) mass is 186 g/mol. The number of rotatable bonds is 4. The van der Waals surface area contributed by atoms with Crippen molar-refractivity contribution in [2.45, 2.75) is 32.4 Å². The van der Waals surface area contributed by atoms with Crippen molar-refractivity contribution in [3.8, 4) is 0 Å². The Morgan fingerprint density at radius 3 is 2.46 bits per heavy atom. The molecule has 13 heavy (non-hydrogen) atoms. The maximum atomic E-state index is 5.06. The molecule has 0 amide bonds. The first-order valence-corrected chi connectivity index (χ1v) is 5.21. The largest absolute Gasteiger partial charge is 0.385 e. The van der Waals surface area contributed by atoms with Crippen molar-refractivity contribution >= 4 is 0 Å². The fraction of sp³-hybridized carbons (Fsp3) is 1.00. The van der Waals surface area contributed by atoms with E-state index in [-0.39, 0.29) is 0 Å². The van der Waals surface area contributed by atoms with Gasteiger partial charge in [0, 0.05) is 45.4 Å². The Labute approximate surface area is 81.4 Å². The normalized spacial score (nSPS) is 30.7. The van der Waals surface area contributed by atoms with E-state index in [1.807, 2.05) is 0 Å². The van der Waals surface area contributed by atoms with Crippen molar-refractivity contribution in [3.63, 3.8) is 0 Å². The highest BCUT2D eigenvalue weighted by Gasteiger charge is 2.23. The third-order valence-electron chi connectivity index (χ3n) is 2.78. The molecule has 0 aromatic heterocycles. The van der Waals surface area contributed by atoms with Crippen LogP contribution in [0.4, 0.5) is 0 Å². The molecule has 2 atom stereocenters. The Balaban J connectivity index is 2.26. The van der Waals surface area contributed by atoms with Crippen molar-refractivity contribution < 1.29 is 4.74 Å². The number of nitrogens with one attached hydrogen (secondary N) is 1. The molecule has 0 unspecified atom stereocenters. The van der Waals surface area contributed by atoms with Gasteiger partial charge in [-0.15, -0.1) is 0 Å². The minimum atomic E-state index is 0.667. The maximum absolute atomic E-state index is 5.06. The lowest BCUT2D eigenvalue weighted by atomic mass is 10.1. The molecule has 0 aromatic rings. The number of ether oxygens (including phenoxy) is 1. The summed E-state index contributed by atoms with van der Waals surface area (Å²) in [6, 6.07) is 1.33. The second-order valence-corrected chi connectivity index (χ2v) is 3.94. The first kappa shape index (κ1) is 11.0. The summed E-state index contributed by atoms with van der Waals surface area (Å²) >= 11 is 0. The third kappa shape index (κ3) is 3.25. The van der Waals surface area contributed by atoms with Gasteiger partial charge in [-0.05, 0) is 20.3 Å². The van der Waals surface area contributed by atoms with Gasteiger partial charge in [0.05, 0.1) is 0 Å². The van der Waals surface area contributed by atoms with Gasteiger partial charge >= 0.3 is 0 Å². The zero-order valence-corrected chi connectivity index (χ0v) is 9.05. The van der Waals surface area contributed by atoms with Crippen LogP contribution in [0.1, 0.15) is 20.3 Å². The van der Waals surface area contributed by atoms with Gasteiger partial charge in [-0.1, -0.05) is 0 Å². The van der Waals surface area contributed by atoms with E-state index in [9.17, 15) is 0 Å². The first-order chi connectivity index (χ1) is 6.25. The summed E-state index contributed by atoms with van der Waals surface area (Å²) in [7, 11) is 1.77. The Kier molecular flexibility index (Phi) is 4.70. The molecule has 0 saturated carbocycles. The molecule has 1 aliphatic heterocycles. The van der Waals surface area contributed by atoms with E-state index in [0.29, 0.717) is 12.1 Å². The van der Waals surface area contributed by atoms with Crippen molar-refractivity contribution in [2.24, 2.45) is 0 Å². The number of piperazine rings is 1. The van der Waals surface area contributed by atoms with Crippen LogP contribution in [0, 0.1) is 0 Å². The quantitative estimate of drug-likeness (QED) is 0.654. The third-order valence-corrected chi connectivity index (χ3v) is 2.78. The Morgan fingerprint density at radius 2 is 1.92 bits per heavy atom. The van der Waals surface area contributed by atoms with Crippen LogP contribution >= 0.6 is 0 Å². The van der Waals surface area contributed by atoms with Crippen LogP contribution in [0.3, 0.4) is 0 Å². The molecular weight excluding hydrogens is 164 g/mol. The fourth-order valence-electron chi connectivity index (χ4n) is 2.00. The van der Waals surface area contributed by atoms with E-state index in [4.69, 9.17) is 4.74 Å². The van der Waals surface area contributed by atoms with Crippen LogP contribution in [0.25, 0.3) is 0 Å². The van der Waals surface area contributed by atoms with E-state index >= 15 is 0 Å². The molecule has 78 valence electrons. The van der Waals surface area contributed by atoms with Crippen LogP contribution in [0.2, 0.25) is 0 Å². The van der Waals surface area contributed by atoms with Crippen LogP contribution in [-0.4, -0.2) is 50.3 Å². The highest BCUT2D eigenvalue weighted by Crippen LogP contribution is 2.09. The molecule has 0 aliphatic carbocycles. The van der Waals surface area contributed by atoms with Gasteiger partial charge in [-0.2, -0.15) is 0 Å². The Morgan fingerprint density at radius 1 is 1.31 bits per heavy atom. The summed E-state index contributed by atoms with van der Waals surface area (Å²) in [5.74, 6) is 0. The molecule has 3 nitrogen and oxygen atoms in total. The van der Waals surface area contributed by atoms with Crippen molar-refractivity contribution in [3.05, 3.63) is 0 Å². The zero-order chi connectivity index (χ0) is 9.68. The first-order valence-electron chi connectivity index (χ1n) is 5.21. The lowest BCUT2D eigenvalue weighted by Crippen LogP contribution is -2.55. The van der Waals surface area contributed by atoms with Crippen LogP contribution in [-0.2, 0) is 4.74 Å². The van der Waals surface area contributed by atoms with Crippen molar-refractivity contribution in [2.75, 3.05) is 33.4 Å². The van der Waals surface area contributed by atoms with E-state index < -0.39 is 0 Å². The molecule has 0 bridgehead atoms. The van der Waals surface area contributed by atoms with Crippen LogP contribution < -0.4 is 5.32 Å². The predicted molar refractivity (Wildman–Crippen MR) is 55.0 cm³/mol. The summed E-state index contributed by atoms with van der Waals surface area (Å²) < 4.78 is 5.06. The van der Waals surface area contributed by atoms with Gasteiger partial charge in [-0.25, -0.2) is 0 Å². The molecule has 0 spiro atoms. The predicted octanol–water partition coefficient (Wildman–Crippen LogP) is 0.705. The molecule has 0 radical (unpaired) electrons. The summed E-state index contributed by atoms with van der Waals surface area (Å²) in [6.07, 6.45) is 1.14.